The van der Waals surface area contributed by atoms with Crippen molar-refractivity contribution in [2.24, 2.45) is 5.92 Å². The minimum Gasteiger partial charge on any atom is -0.466 e. The molecule has 188 valence electrons. The molecule has 34 heavy (non-hydrogen) atoms. The van der Waals surface area contributed by atoms with Crippen molar-refractivity contribution < 1.29 is 28.4 Å². The highest BCUT2D eigenvalue weighted by Gasteiger charge is 2.22. The van der Waals surface area contributed by atoms with Crippen LogP contribution in [0, 0.1) is 5.92 Å². The van der Waals surface area contributed by atoms with Crippen molar-refractivity contribution in [1.82, 2.24) is 15.2 Å². The lowest BCUT2D eigenvalue weighted by molar-refractivity contribution is -0.134. The van der Waals surface area contributed by atoms with E-state index >= 15 is 0 Å². The fourth-order valence-electron chi connectivity index (χ4n) is 2.98. The maximum absolute atomic E-state index is 12.8. The number of carbonyl (C=O) groups is 4. The summed E-state index contributed by atoms with van der Waals surface area (Å²) < 4.78 is 10.2. The first-order chi connectivity index (χ1) is 16.2. The Morgan fingerprint density at radius 3 is 2.53 bits per heavy atom. The SMILES string of the molecule is CCC(CC)CNC(=O)Cn1cccc(NC(=O)C(CC/C=C/C(=O)OC)NC(=O)OP)c1=O. The van der Waals surface area contributed by atoms with Gasteiger partial charge in [-0.3, -0.25) is 14.4 Å². The van der Waals surface area contributed by atoms with Crippen molar-refractivity contribution in [2.45, 2.75) is 52.1 Å². The van der Waals surface area contributed by atoms with Crippen LogP contribution in [0.25, 0.3) is 0 Å². The molecular weight excluding hydrogens is 463 g/mol. The molecule has 3 amide bonds. The van der Waals surface area contributed by atoms with Crippen LogP contribution >= 0.6 is 9.47 Å². The molecule has 3 N–H and O–H groups in total. The molecule has 1 aromatic heterocycles. The molecule has 0 aliphatic carbocycles. The molecular formula is C22H33N4O7P. The normalized spacial score (nSPS) is 11.7. The molecule has 0 spiro atoms. The standard InChI is InChI=1S/C22H33N4O7P/c1-4-15(5-2)13-23-18(27)14-26-12-8-10-17(21(26)30)24-20(29)16(25-22(31)33-34)9-6-7-11-19(28)32-3/h7-8,10-12,15-16H,4-6,9,13-14,34H2,1-3H3,(H,23,27)(H,24,29)(H,25,31)/b11-7+. The van der Waals surface area contributed by atoms with Gasteiger partial charge in [-0.2, -0.15) is 0 Å². The van der Waals surface area contributed by atoms with Crippen LogP contribution in [0.3, 0.4) is 0 Å². The average molecular weight is 497 g/mol. The summed E-state index contributed by atoms with van der Waals surface area (Å²) in [4.78, 5) is 60.5. The smallest absolute Gasteiger partial charge is 0.409 e. The highest BCUT2D eigenvalue weighted by molar-refractivity contribution is 7.10. The highest BCUT2D eigenvalue weighted by Crippen LogP contribution is 2.07. The van der Waals surface area contributed by atoms with E-state index in [2.05, 4.69) is 25.2 Å². The Morgan fingerprint density at radius 2 is 1.91 bits per heavy atom. The second-order valence-corrected chi connectivity index (χ2v) is 7.67. The number of ether oxygens (including phenoxy) is 1. The first-order valence-corrected chi connectivity index (χ1v) is 11.4. The number of hydrogen-bond acceptors (Lipinski definition) is 7. The zero-order valence-electron chi connectivity index (χ0n) is 19.7. The fraction of sp³-hybridized carbons (Fsp3) is 0.500. The summed E-state index contributed by atoms with van der Waals surface area (Å²) in [6.45, 7) is 4.43. The summed E-state index contributed by atoms with van der Waals surface area (Å²) in [7, 11) is 3.01. The average Bonchev–Trinajstić information content (AvgIpc) is 2.83. The van der Waals surface area contributed by atoms with Gasteiger partial charge in [0.05, 0.1) is 16.6 Å². The van der Waals surface area contributed by atoms with Crippen LogP contribution in [0.1, 0.15) is 39.5 Å². The minimum absolute atomic E-state index is 0.0450. The first kappa shape index (κ1) is 28.8. The molecule has 11 nitrogen and oxygen atoms in total. The second kappa shape index (κ2) is 15.6. The van der Waals surface area contributed by atoms with Crippen molar-refractivity contribution in [3.63, 3.8) is 0 Å². The van der Waals surface area contributed by atoms with Gasteiger partial charge in [-0.05, 0) is 30.9 Å². The van der Waals surface area contributed by atoms with Gasteiger partial charge in [-0.15, -0.1) is 0 Å². The van der Waals surface area contributed by atoms with Gasteiger partial charge in [-0.1, -0.05) is 32.8 Å². The number of nitrogens with one attached hydrogen (secondary N) is 3. The number of allylic oxidation sites excluding steroid dienone is 1. The third kappa shape index (κ3) is 10.2. The molecule has 2 atom stereocenters. The van der Waals surface area contributed by atoms with E-state index in [0.29, 0.717) is 12.5 Å². The topological polar surface area (TPSA) is 145 Å². The van der Waals surface area contributed by atoms with Crippen molar-refractivity contribution in [3.8, 4) is 0 Å². The number of anilines is 1. The minimum atomic E-state index is -1.05. The zero-order valence-corrected chi connectivity index (χ0v) is 20.8. The Bertz CT molecular complexity index is 928. The maximum Gasteiger partial charge on any atom is 0.409 e. The quantitative estimate of drug-likeness (QED) is 0.214. The van der Waals surface area contributed by atoms with Crippen LogP contribution < -0.4 is 21.5 Å². The lowest BCUT2D eigenvalue weighted by Crippen LogP contribution is -2.44. The molecule has 0 aliphatic rings. The van der Waals surface area contributed by atoms with Gasteiger partial charge in [0.2, 0.25) is 11.8 Å². The molecule has 0 aliphatic heterocycles. The summed E-state index contributed by atoms with van der Waals surface area (Å²) in [6.07, 6.45) is 5.56. The third-order valence-corrected chi connectivity index (χ3v) is 5.34. The Morgan fingerprint density at radius 1 is 1.21 bits per heavy atom. The number of hydrogen-bond donors (Lipinski definition) is 3. The predicted molar refractivity (Wildman–Crippen MR) is 130 cm³/mol. The van der Waals surface area contributed by atoms with E-state index in [-0.39, 0.29) is 31.0 Å². The molecule has 0 bridgehead atoms. The van der Waals surface area contributed by atoms with Crippen LogP contribution in [0.4, 0.5) is 10.5 Å². The third-order valence-electron chi connectivity index (χ3n) is 5.13. The Labute approximate surface area is 200 Å². The van der Waals surface area contributed by atoms with E-state index in [0.717, 1.165) is 12.8 Å². The number of pyridine rings is 1. The fourth-order valence-corrected chi connectivity index (χ4v) is 3.05. The molecule has 0 radical (unpaired) electrons. The van der Waals surface area contributed by atoms with Crippen LogP contribution in [-0.2, 0) is 30.2 Å². The van der Waals surface area contributed by atoms with Crippen molar-refractivity contribution in [3.05, 3.63) is 40.8 Å². The van der Waals surface area contributed by atoms with Gasteiger partial charge < -0.3 is 29.8 Å². The molecule has 0 saturated carbocycles. The summed E-state index contributed by atoms with van der Waals surface area (Å²) in [5.74, 6) is -1.15. The van der Waals surface area contributed by atoms with Crippen LogP contribution in [-0.4, -0.2) is 48.1 Å². The van der Waals surface area contributed by atoms with Gasteiger partial charge in [0.25, 0.3) is 5.56 Å². The van der Waals surface area contributed by atoms with E-state index in [1.165, 1.54) is 42.2 Å². The Hall–Kier alpha value is -3.20. The second-order valence-electron chi connectivity index (χ2n) is 7.44. The monoisotopic (exact) mass is 496 g/mol. The number of carbonyl (C=O) groups excluding carboxylic acids is 4. The molecule has 1 aromatic rings. The molecule has 0 fully saturated rings. The van der Waals surface area contributed by atoms with Crippen molar-refractivity contribution in [1.29, 1.82) is 0 Å². The molecule has 2 unspecified atom stereocenters. The number of aromatic nitrogens is 1. The summed E-state index contributed by atoms with van der Waals surface area (Å²) in [5.41, 5.74) is -0.608. The number of methoxy groups -OCH3 is 1. The van der Waals surface area contributed by atoms with E-state index in [4.69, 9.17) is 0 Å². The molecule has 1 heterocycles. The zero-order chi connectivity index (χ0) is 25.5. The summed E-state index contributed by atoms with van der Waals surface area (Å²) in [6, 6.07) is 1.89. The van der Waals surface area contributed by atoms with Crippen molar-refractivity contribution >= 4 is 39.0 Å². The first-order valence-electron chi connectivity index (χ1n) is 10.9. The molecule has 0 saturated heterocycles. The Kier molecular flexibility index (Phi) is 13.2. The van der Waals surface area contributed by atoms with Gasteiger partial charge in [0, 0.05) is 18.8 Å². The molecule has 0 aromatic carbocycles. The highest BCUT2D eigenvalue weighted by atomic mass is 31.0. The number of nitrogens with zero attached hydrogens (tertiary/aromatic N) is 1. The van der Waals surface area contributed by atoms with E-state index in [1.54, 1.807) is 9.47 Å². The van der Waals surface area contributed by atoms with E-state index < -0.39 is 29.6 Å². The van der Waals surface area contributed by atoms with Crippen molar-refractivity contribution in [2.75, 3.05) is 19.0 Å². The van der Waals surface area contributed by atoms with E-state index in [1.807, 2.05) is 13.8 Å². The largest absolute Gasteiger partial charge is 0.466 e. The van der Waals surface area contributed by atoms with Gasteiger partial charge in [-0.25, -0.2) is 9.59 Å². The maximum atomic E-state index is 12.8. The summed E-state index contributed by atoms with van der Waals surface area (Å²) in [5, 5.41) is 7.68. The Balaban J connectivity index is 2.86. The lowest BCUT2D eigenvalue weighted by atomic mass is 10.0. The number of esters is 1. The molecule has 12 heteroatoms. The predicted octanol–water partition coefficient (Wildman–Crippen LogP) is 1.73. The van der Waals surface area contributed by atoms with Gasteiger partial charge in [0.15, 0.2) is 0 Å². The number of rotatable bonds is 13. The molecule has 1 rings (SSSR count). The van der Waals surface area contributed by atoms with Gasteiger partial charge in [0.1, 0.15) is 18.3 Å². The summed E-state index contributed by atoms with van der Waals surface area (Å²) >= 11 is 0. The number of amides is 3. The van der Waals surface area contributed by atoms with E-state index in [9.17, 15) is 24.0 Å². The van der Waals surface area contributed by atoms with Crippen LogP contribution in [0.2, 0.25) is 0 Å². The van der Waals surface area contributed by atoms with Gasteiger partial charge >= 0.3 is 12.1 Å². The van der Waals surface area contributed by atoms with Crippen LogP contribution in [0.5, 0.6) is 0 Å². The van der Waals surface area contributed by atoms with Crippen LogP contribution in [0.15, 0.2) is 35.3 Å². The lowest BCUT2D eigenvalue weighted by Gasteiger charge is -2.17.